The summed E-state index contributed by atoms with van der Waals surface area (Å²) < 4.78 is 5.64. The van der Waals surface area contributed by atoms with E-state index in [-0.39, 0.29) is 29.4 Å². The van der Waals surface area contributed by atoms with Gasteiger partial charge in [-0.1, -0.05) is 36.4 Å². The second-order valence-corrected chi connectivity index (χ2v) is 6.92. The minimum atomic E-state index is 0. The molecule has 2 aliphatic rings. The van der Waals surface area contributed by atoms with Crippen molar-refractivity contribution in [3.05, 3.63) is 47.5 Å². The molecule has 1 aromatic rings. The fraction of sp³-hybridized carbons (Fsp3) is 0.550. The summed E-state index contributed by atoms with van der Waals surface area (Å²) in [7, 11) is 1.85. The average Bonchev–Trinajstić information content (AvgIpc) is 3.13. The Balaban J connectivity index is 0.00000225. The SMILES string of the molecule is CN=C(NCC1(c2ccccc2C)CCOCC1)NC1CC=CC1.I. The number of benzene rings is 1. The summed E-state index contributed by atoms with van der Waals surface area (Å²) >= 11 is 0. The van der Waals surface area contributed by atoms with Gasteiger partial charge in [0.25, 0.3) is 0 Å². The van der Waals surface area contributed by atoms with Crippen LogP contribution in [-0.4, -0.2) is 38.8 Å². The van der Waals surface area contributed by atoms with E-state index in [0.717, 1.165) is 51.4 Å². The molecule has 2 N–H and O–H groups in total. The van der Waals surface area contributed by atoms with Crippen LogP contribution < -0.4 is 10.6 Å². The van der Waals surface area contributed by atoms with Crippen LogP contribution in [0.1, 0.15) is 36.8 Å². The summed E-state index contributed by atoms with van der Waals surface area (Å²) in [4.78, 5) is 4.42. The van der Waals surface area contributed by atoms with Crippen molar-refractivity contribution in [1.29, 1.82) is 0 Å². The first-order chi connectivity index (χ1) is 11.7. The molecule has 0 spiro atoms. The molecule has 0 bridgehead atoms. The highest BCUT2D eigenvalue weighted by molar-refractivity contribution is 14.0. The van der Waals surface area contributed by atoms with E-state index in [1.807, 2.05) is 7.05 Å². The number of aliphatic imine (C=N–C) groups is 1. The van der Waals surface area contributed by atoms with Crippen molar-refractivity contribution in [1.82, 2.24) is 10.6 Å². The van der Waals surface area contributed by atoms with E-state index in [9.17, 15) is 0 Å². The standard InChI is InChI=1S/C20H29N3O.HI/c1-16-7-3-6-10-18(16)20(11-13-24-14-12-20)15-22-19(21-2)23-17-8-4-5-9-17;/h3-7,10,17H,8-9,11-15H2,1-2H3,(H2,21,22,23);1H. The van der Waals surface area contributed by atoms with E-state index < -0.39 is 0 Å². The Morgan fingerprint density at radius 2 is 1.88 bits per heavy atom. The summed E-state index contributed by atoms with van der Waals surface area (Å²) in [6, 6.07) is 9.23. The normalized spacial score (nSPS) is 20.2. The fourth-order valence-corrected chi connectivity index (χ4v) is 3.85. The molecule has 0 saturated carbocycles. The topological polar surface area (TPSA) is 45.7 Å². The monoisotopic (exact) mass is 455 g/mol. The van der Waals surface area contributed by atoms with Gasteiger partial charge in [0, 0.05) is 38.3 Å². The van der Waals surface area contributed by atoms with E-state index in [0.29, 0.717) is 6.04 Å². The molecule has 1 heterocycles. The zero-order chi connectivity index (χ0) is 16.8. The molecule has 1 aliphatic heterocycles. The summed E-state index contributed by atoms with van der Waals surface area (Å²) in [5.74, 6) is 0.906. The number of guanidine groups is 1. The minimum Gasteiger partial charge on any atom is -0.381 e. The van der Waals surface area contributed by atoms with Gasteiger partial charge in [-0.25, -0.2) is 0 Å². The lowest BCUT2D eigenvalue weighted by Gasteiger charge is -2.39. The van der Waals surface area contributed by atoms with Gasteiger partial charge in [0.2, 0.25) is 0 Å². The van der Waals surface area contributed by atoms with Crippen molar-refractivity contribution < 1.29 is 4.74 Å². The number of aryl methyl sites for hydroxylation is 1. The van der Waals surface area contributed by atoms with Crippen molar-refractivity contribution in [2.75, 3.05) is 26.8 Å². The first-order valence-corrected chi connectivity index (χ1v) is 8.99. The molecule has 138 valence electrons. The van der Waals surface area contributed by atoms with Crippen LogP contribution in [0.3, 0.4) is 0 Å². The molecule has 1 saturated heterocycles. The molecular weight excluding hydrogens is 425 g/mol. The van der Waals surface area contributed by atoms with Crippen molar-refractivity contribution in [2.24, 2.45) is 4.99 Å². The van der Waals surface area contributed by atoms with Crippen molar-refractivity contribution in [2.45, 2.75) is 44.1 Å². The molecule has 1 aromatic carbocycles. The van der Waals surface area contributed by atoms with Crippen molar-refractivity contribution in [3.63, 3.8) is 0 Å². The van der Waals surface area contributed by atoms with E-state index in [1.165, 1.54) is 11.1 Å². The maximum Gasteiger partial charge on any atom is 0.191 e. The molecule has 4 nitrogen and oxygen atoms in total. The Labute approximate surface area is 168 Å². The quantitative estimate of drug-likeness (QED) is 0.316. The molecule has 5 heteroatoms. The molecule has 0 radical (unpaired) electrons. The average molecular weight is 455 g/mol. The molecular formula is C20H30IN3O. The Morgan fingerprint density at radius 3 is 2.52 bits per heavy atom. The van der Waals surface area contributed by atoms with Crippen LogP contribution in [0.15, 0.2) is 41.4 Å². The Bertz CT molecular complexity index is 601. The molecule has 0 amide bonds. The lowest BCUT2D eigenvalue weighted by atomic mass is 9.72. The van der Waals surface area contributed by atoms with Gasteiger partial charge in [-0.05, 0) is 43.7 Å². The number of hydrogen-bond donors (Lipinski definition) is 2. The Morgan fingerprint density at radius 1 is 1.20 bits per heavy atom. The predicted molar refractivity (Wildman–Crippen MR) is 115 cm³/mol. The summed E-state index contributed by atoms with van der Waals surface area (Å²) in [5, 5.41) is 7.12. The molecule has 1 fully saturated rings. The van der Waals surface area contributed by atoms with Crippen LogP contribution in [0.2, 0.25) is 0 Å². The van der Waals surface area contributed by atoms with Crippen LogP contribution in [0.25, 0.3) is 0 Å². The third kappa shape index (κ3) is 4.97. The van der Waals surface area contributed by atoms with Crippen molar-refractivity contribution >= 4 is 29.9 Å². The molecule has 0 unspecified atom stereocenters. The Hall–Kier alpha value is -1.08. The lowest BCUT2D eigenvalue weighted by molar-refractivity contribution is 0.0511. The Kier molecular flexibility index (Phi) is 7.75. The summed E-state index contributed by atoms with van der Waals surface area (Å²) in [5.41, 5.74) is 2.93. The third-order valence-electron chi connectivity index (χ3n) is 5.33. The van der Waals surface area contributed by atoms with E-state index in [4.69, 9.17) is 4.74 Å². The van der Waals surface area contributed by atoms with Crippen molar-refractivity contribution in [3.8, 4) is 0 Å². The van der Waals surface area contributed by atoms with Crippen LogP contribution in [-0.2, 0) is 10.2 Å². The number of halogens is 1. The zero-order valence-corrected chi connectivity index (χ0v) is 17.6. The largest absolute Gasteiger partial charge is 0.381 e. The van der Waals surface area contributed by atoms with Gasteiger partial charge in [0.05, 0.1) is 0 Å². The van der Waals surface area contributed by atoms with Gasteiger partial charge in [-0.2, -0.15) is 0 Å². The third-order valence-corrected chi connectivity index (χ3v) is 5.33. The smallest absolute Gasteiger partial charge is 0.191 e. The van der Waals surface area contributed by atoms with Gasteiger partial charge in [-0.15, -0.1) is 24.0 Å². The van der Waals surface area contributed by atoms with E-state index in [2.05, 4.69) is 59.0 Å². The molecule has 25 heavy (non-hydrogen) atoms. The minimum absolute atomic E-state index is 0. The van der Waals surface area contributed by atoms with Gasteiger partial charge < -0.3 is 15.4 Å². The number of hydrogen-bond acceptors (Lipinski definition) is 2. The van der Waals surface area contributed by atoms with E-state index in [1.54, 1.807) is 0 Å². The highest BCUT2D eigenvalue weighted by Crippen LogP contribution is 2.36. The number of nitrogens with zero attached hydrogens (tertiary/aromatic N) is 1. The number of rotatable bonds is 4. The first kappa shape index (κ1) is 20.2. The second kappa shape index (κ2) is 9.57. The van der Waals surface area contributed by atoms with Crippen LogP contribution in [0, 0.1) is 6.92 Å². The maximum absolute atomic E-state index is 5.64. The highest BCUT2D eigenvalue weighted by atomic mass is 127. The molecule has 1 aliphatic carbocycles. The van der Waals surface area contributed by atoms with Gasteiger partial charge in [0.1, 0.15) is 0 Å². The van der Waals surface area contributed by atoms with E-state index >= 15 is 0 Å². The van der Waals surface area contributed by atoms with Crippen LogP contribution in [0.5, 0.6) is 0 Å². The second-order valence-electron chi connectivity index (χ2n) is 6.92. The molecule has 0 atom stereocenters. The van der Waals surface area contributed by atoms with Gasteiger partial charge in [0.15, 0.2) is 5.96 Å². The molecule has 3 rings (SSSR count). The number of ether oxygens (including phenoxy) is 1. The first-order valence-electron chi connectivity index (χ1n) is 8.99. The van der Waals surface area contributed by atoms with Gasteiger partial charge in [-0.3, -0.25) is 4.99 Å². The summed E-state index contributed by atoms with van der Waals surface area (Å²) in [6.07, 6.45) is 8.73. The number of nitrogens with one attached hydrogen (secondary N) is 2. The van der Waals surface area contributed by atoms with Crippen LogP contribution >= 0.6 is 24.0 Å². The maximum atomic E-state index is 5.64. The lowest BCUT2D eigenvalue weighted by Crippen LogP contribution is -2.50. The zero-order valence-electron chi connectivity index (χ0n) is 15.3. The fourth-order valence-electron chi connectivity index (χ4n) is 3.85. The predicted octanol–water partition coefficient (Wildman–Crippen LogP) is 3.54. The van der Waals surface area contributed by atoms with Gasteiger partial charge >= 0.3 is 0 Å². The highest BCUT2D eigenvalue weighted by Gasteiger charge is 2.35. The van der Waals surface area contributed by atoms with Crippen LogP contribution in [0.4, 0.5) is 0 Å². The molecule has 0 aromatic heterocycles. The summed E-state index contributed by atoms with van der Waals surface area (Å²) in [6.45, 7) is 4.76.